The van der Waals surface area contributed by atoms with Gasteiger partial charge in [0, 0.05) is 12.1 Å². The monoisotopic (exact) mass is 292 g/mol. The molecule has 5 nitrogen and oxygen atoms in total. The van der Waals surface area contributed by atoms with Crippen LogP contribution in [0.5, 0.6) is 0 Å². The van der Waals surface area contributed by atoms with Crippen LogP contribution >= 0.6 is 12.2 Å². The minimum Gasteiger partial charge on any atom is -0.378 e. The third-order valence-electron chi connectivity index (χ3n) is 2.93. The number of hydrogen-bond acceptors (Lipinski definition) is 4. The van der Waals surface area contributed by atoms with E-state index in [0.29, 0.717) is 17.9 Å². The molecule has 0 aliphatic rings. The number of hydrogen-bond donors (Lipinski definition) is 1. The maximum Gasteiger partial charge on any atom is 0.195 e. The van der Waals surface area contributed by atoms with Gasteiger partial charge in [0.1, 0.15) is 0 Å². The van der Waals surface area contributed by atoms with Gasteiger partial charge in [-0.2, -0.15) is 5.10 Å². The van der Waals surface area contributed by atoms with Crippen molar-refractivity contribution in [2.45, 2.75) is 6.54 Å². The molecule has 0 aliphatic heterocycles. The molecule has 108 valence electrons. The van der Waals surface area contributed by atoms with Gasteiger partial charge >= 0.3 is 0 Å². The molecule has 0 radical (unpaired) electrons. The molecule has 0 aliphatic carbocycles. The molecule has 0 saturated heterocycles. The van der Waals surface area contributed by atoms with Gasteiger partial charge in [0.15, 0.2) is 10.6 Å². The number of likely N-dealkylation sites (N-methyl/N-ethyl adjacent to an activating group) is 1. The van der Waals surface area contributed by atoms with Crippen molar-refractivity contribution in [1.82, 2.24) is 19.7 Å². The summed E-state index contributed by atoms with van der Waals surface area (Å²) >= 11 is 5.27. The van der Waals surface area contributed by atoms with Crippen LogP contribution in [0, 0.1) is 4.77 Å². The molecule has 0 bridgehead atoms. The Bertz CT molecular complexity index is 576. The van der Waals surface area contributed by atoms with Crippen LogP contribution < -0.4 is 0 Å². The summed E-state index contributed by atoms with van der Waals surface area (Å²) in [5.41, 5.74) is 1.05. The first-order chi connectivity index (χ1) is 9.68. The maximum absolute atomic E-state index is 5.61. The van der Waals surface area contributed by atoms with E-state index < -0.39 is 0 Å². The van der Waals surface area contributed by atoms with E-state index in [0.717, 1.165) is 24.5 Å². The molecular weight excluding hydrogens is 272 g/mol. The lowest BCUT2D eigenvalue weighted by atomic mass is 10.2. The summed E-state index contributed by atoms with van der Waals surface area (Å²) in [6.45, 7) is 2.97. The zero-order valence-corrected chi connectivity index (χ0v) is 12.7. The van der Waals surface area contributed by atoms with E-state index in [1.54, 1.807) is 0 Å². The molecule has 1 N–H and O–H groups in total. The topological polar surface area (TPSA) is 46.1 Å². The maximum atomic E-state index is 5.61. The molecule has 1 heterocycles. The zero-order chi connectivity index (χ0) is 14.4. The number of H-pyrrole nitrogens is 1. The summed E-state index contributed by atoms with van der Waals surface area (Å²) < 4.78 is 8.21. The second-order valence-corrected chi connectivity index (χ2v) is 5.17. The predicted octanol–water partition coefficient (Wildman–Crippen LogP) is 2.19. The van der Waals surface area contributed by atoms with Crippen molar-refractivity contribution in [3.8, 4) is 11.4 Å². The van der Waals surface area contributed by atoms with Crippen LogP contribution in [0.15, 0.2) is 30.3 Å². The normalized spacial score (nSPS) is 11.2. The van der Waals surface area contributed by atoms with Crippen LogP contribution in [0.25, 0.3) is 11.4 Å². The van der Waals surface area contributed by atoms with E-state index in [1.807, 2.05) is 49.0 Å². The minimum absolute atomic E-state index is 0.625. The van der Waals surface area contributed by atoms with Gasteiger partial charge in [-0.25, -0.2) is 0 Å². The van der Waals surface area contributed by atoms with Crippen molar-refractivity contribution in [2.75, 3.05) is 33.9 Å². The van der Waals surface area contributed by atoms with Gasteiger partial charge in [-0.05, 0) is 26.3 Å². The molecule has 6 heteroatoms. The first kappa shape index (κ1) is 14.9. The third kappa shape index (κ3) is 4.00. The van der Waals surface area contributed by atoms with Crippen LogP contribution in [0.3, 0.4) is 0 Å². The summed E-state index contributed by atoms with van der Waals surface area (Å²) in [5.74, 6) is 0.854. The SMILES string of the molecule is CN(C)CCOCCn1c(-c2ccccc2)n[nH]c1=S. The summed E-state index contributed by atoms with van der Waals surface area (Å²) in [4.78, 5) is 2.10. The second kappa shape index (κ2) is 7.33. The quantitative estimate of drug-likeness (QED) is 0.627. The largest absolute Gasteiger partial charge is 0.378 e. The summed E-state index contributed by atoms with van der Waals surface area (Å²) in [7, 11) is 4.06. The van der Waals surface area contributed by atoms with Gasteiger partial charge in [-0.3, -0.25) is 9.67 Å². The molecule has 0 atom stereocenters. The van der Waals surface area contributed by atoms with E-state index in [-0.39, 0.29) is 0 Å². The lowest BCUT2D eigenvalue weighted by Gasteiger charge is -2.11. The number of aromatic nitrogens is 3. The van der Waals surface area contributed by atoms with Gasteiger partial charge < -0.3 is 9.64 Å². The summed E-state index contributed by atoms with van der Waals surface area (Å²) in [6, 6.07) is 10.0. The van der Waals surface area contributed by atoms with Crippen LogP contribution in [-0.2, 0) is 11.3 Å². The molecule has 0 fully saturated rings. The molecule has 0 saturated carbocycles. The van der Waals surface area contributed by atoms with E-state index in [4.69, 9.17) is 17.0 Å². The molecular formula is C14H20N4OS. The van der Waals surface area contributed by atoms with Gasteiger partial charge in [0.05, 0.1) is 19.8 Å². The summed E-state index contributed by atoms with van der Waals surface area (Å²) in [6.07, 6.45) is 0. The number of rotatable bonds is 7. The Kier molecular flexibility index (Phi) is 5.46. The Morgan fingerprint density at radius 3 is 2.70 bits per heavy atom. The molecule has 20 heavy (non-hydrogen) atoms. The Balaban J connectivity index is 1.98. The van der Waals surface area contributed by atoms with Crippen molar-refractivity contribution in [2.24, 2.45) is 0 Å². The second-order valence-electron chi connectivity index (χ2n) is 4.79. The molecule has 2 rings (SSSR count). The molecule has 1 aromatic heterocycles. The highest BCUT2D eigenvalue weighted by Crippen LogP contribution is 2.16. The van der Waals surface area contributed by atoms with Crippen LogP contribution in [0.2, 0.25) is 0 Å². The van der Waals surface area contributed by atoms with E-state index in [9.17, 15) is 0 Å². The average Bonchev–Trinajstić information content (AvgIpc) is 2.80. The van der Waals surface area contributed by atoms with Crippen molar-refractivity contribution in [1.29, 1.82) is 0 Å². The number of ether oxygens (including phenoxy) is 1. The molecule has 2 aromatic rings. The fraction of sp³-hybridized carbons (Fsp3) is 0.429. The number of benzene rings is 1. The van der Waals surface area contributed by atoms with E-state index >= 15 is 0 Å². The van der Waals surface area contributed by atoms with Gasteiger partial charge in [-0.1, -0.05) is 30.3 Å². The highest BCUT2D eigenvalue weighted by molar-refractivity contribution is 7.71. The fourth-order valence-electron chi connectivity index (χ4n) is 1.84. The molecule has 0 amide bonds. The Hall–Kier alpha value is -1.50. The average molecular weight is 292 g/mol. The van der Waals surface area contributed by atoms with Crippen molar-refractivity contribution in [3.63, 3.8) is 0 Å². The lowest BCUT2D eigenvalue weighted by Crippen LogP contribution is -2.19. The molecule has 0 unspecified atom stereocenters. The number of nitrogens with one attached hydrogen (secondary N) is 1. The van der Waals surface area contributed by atoms with Crippen molar-refractivity contribution >= 4 is 12.2 Å². The van der Waals surface area contributed by atoms with Gasteiger partial charge in [-0.15, -0.1) is 0 Å². The van der Waals surface area contributed by atoms with E-state index in [1.165, 1.54) is 0 Å². The number of nitrogens with zero attached hydrogens (tertiary/aromatic N) is 3. The molecule has 0 spiro atoms. The van der Waals surface area contributed by atoms with Gasteiger partial charge in [0.2, 0.25) is 0 Å². The van der Waals surface area contributed by atoms with Gasteiger partial charge in [0.25, 0.3) is 0 Å². The highest BCUT2D eigenvalue weighted by Gasteiger charge is 2.07. The summed E-state index contributed by atoms with van der Waals surface area (Å²) in [5, 5.41) is 7.14. The minimum atomic E-state index is 0.625. The zero-order valence-electron chi connectivity index (χ0n) is 11.9. The fourth-order valence-corrected chi connectivity index (χ4v) is 2.06. The predicted molar refractivity (Wildman–Crippen MR) is 82.2 cm³/mol. The first-order valence-corrected chi connectivity index (χ1v) is 7.02. The lowest BCUT2D eigenvalue weighted by molar-refractivity contribution is 0.111. The Labute approximate surface area is 124 Å². The third-order valence-corrected chi connectivity index (χ3v) is 3.24. The van der Waals surface area contributed by atoms with Crippen LogP contribution in [0.1, 0.15) is 0 Å². The van der Waals surface area contributed by atoms with Crippen molar-refractivity contribution in [3.05, 3.63) is 35.1 Å². The van der Waals surface area contributed by atoms with Crippen LogP contribution in [-0.4, -0.2) is 53.5 Å². The highest BCUT2D eigenvalue weighted by atomic mass is 32.1. The standard InChI is InChI=1S/C14H20N4OS/c1-17(2)8-10-19-11-9-18-13(15-16-14(18)20)12-6-4-3-5-7-12/h3-7H,8-11H2,1-2H3,(H,16,20). The van der Waals surface area contributed by atoms with Crippen molar-refractivity contribution < 1.29 is 4.74 Å². The smallest absolute Gasteiger partial charge is 0.195 e. The van der Waals surface area contributed by atoms with E-state index in [2.05, 4.69) is 15.1 Å². The Morgan fingerprint density at radius 2 is 2.00 bits per heavy atom. The Morgan fingerprint density at radius 1 is 1.25 bits per heavy atom. The molecule has 1 aromatic carbocycles. The first-order valence-electron chi connectivity index (χ1n) is 6.61. The number of aromatic amines is 1. The van der Waals surface area contributed by atoms with Crippen LogP contribution in [0.4, 0.5) is 0 Å².